The summed E-state index contributed by atoms with van der Waals surface area (Å²) in [6, 6.07) is 9.04. The summed E-state index contributed by atoms with van der Waals surface area (Å²) >= 11 is 3.23. The molecular weight excluding hydrogens is 335 g/mol. The van der Waals surface area contributed by atoms with Gasteiger partial charge in [0.1, 0.15) is 5.82 Å². The van der Waals surface area contributed by atoms with Crippen molar-refractivity contribution in [3.63, 3.8) is 0 Å². The van der Waals surface area contributed by atoms with Gasteiger partial charge in [-0.25, -0.2) is 9.37 Å². The van der Waals surface area contributed by atoms with Gasteiger partial charge in [-0.05, 0) is 52.7 Å². The second-order valence-corrected chi connectivity index (χ2v) is 5.52. The normalized spacial score (nSPS) is 12.2. The van der Waals surface area contributed by atoms with Gasteiger partial charge < -0.3 is 10.1 Å². The number of rotatable bonds is 6. The number of hydrogen-bond donors (Lipinski definition) is 1. The molecule has 0 fully saturated rings. The van der Waals surface area contributed by atoms with E-state index in [1.807, 2.05) is 18.2 Å². The van der Waals surface area contributed by atoms with Crippen molar-refractivity contribution < 1.29 is 9.13 Å². The first-order valence-electron chi connectivity index (χ1n) is 6.82. The highest BCUT2D eigenvalue weighted by Gasteiger charge is 2.17. The molecule has 21 heavy (non-hydrogen) atoms. The zero-order valence-electron chi connectivity index (χ0n) is 12.1. The van der Waals surface area contributed by atoms with Gasteiger partial charge in [0.25, 0.3) is 0 Å². The highest BCUT2D eigenvalue weighted by atomic mass is 79.9. The fraction of sp³-hybridized carbons (Fsp3) is 0.312. The molecule has 0 spiro atoms. The van der Waals surface area contributed by atoms with Gasteiger partial charge in [-0.3, -0.25) is 0 Å². The van der Waals surface area contributed by atoms with Crippen molar-refractivity contribution in [2.45, 2.75) is 19.4 Å². The molecule has 1 aromatic heterocycles. The van der Waals surface area contributed by atoms with E-state index in [2.05, 4.69) is 33.2 Å². The SMILES string of the molecule is CCNC(Cc1ccc(F)c(Br)c1)c1cccnc1OC. The molecule has 0 aliphatic carbocycles. The van der Waals surface area contributed by atoms with Gasteiger partial charge >= 0.3 is 0 Å². The molecule has 0 saturated heterocycles. The molecule has 2 rings (SSSR count). The molecule has 5 heteroatoms. The zero-order chi connectivity index (χ0) is 15.2. The number of likely N-dealkylation sites (N-methyl/N-ethyl adjacent to an activating group) is 1. The summed E-state index contributed by atoms with van der Waals surface area (Å²) < 4.78 is 19.1. The first-order chi connectivity index (χ1) is 10.2. The van der Waals surface area contributed by atoms with Crippen molar-refractivity contribution in [2.75, 3.05) is 13.7 Å². The van der Waals surface area contributed by atoms with Crippen molar-refractivity contribution in [1.82, 2.24) is 10.3 Å². The van der Waals surface area contributed by atoms with Crippen LogP contribution >= 0.6 is 15.9 Å². The van der Waals surface area contributed by atoms with E-state index in [-0.39, 0.29) is 11.9 Å². The summed E-state index contributed by atoms with van der Waals surface area (Å²) in [6.45, 7) is 2.88. The Kier molecular flexibility index (Phi) is 5.70. The Morgan fingerprint density at radius 1 is 1.38 bits per heavy atom. The Labute approximate surface area is 132 Å². The number of hydrogen-bond acceptors (Lipinski definition) is 3. The predicted molar refractivity (Wildman–Crippen MR) is 85.0 cm³/mol. The van der Waals surface area contributed by atoms with E-state index >= 15 is 0 Å². The van der Waals surface area contributed by atoms with E-state index in [1.165, 1.54) is 6.07 Å². The number of methoxy groups -OCH3 is 1. The molecule has 1 heterocycles. The van der Waals surface area contributed by atoms with Crippen LogP contribution in [0.15, 0.2) is 41.0 Å². The average molecular weight is 353 g/mol. The summed E-state index contributed by atoms with van der Waals surface area (Å²) in [5.74, 6) is 0.363. The number of pyridine rings is 1. The van der Waals surface area contributed by atoms with Crippen LogP contribution in [-0.4, -0.2) is 18.6 Å². The van der Waals surface area contributed by atoms with E-state index in [4.69, 9.17) is 4.74 Å². The summed E-state index contributed by atoms with van der Waals surface area (Å²) in [5, 5.41) is 3.43. The fourth-order valence-corrected chi connectivity index (χ4v) is 2.71. The summed E-state index contributed by atoms with van der Waals surface area (Å²) in [4.78, 5) is 4.24. The summed E-state index contributed by atoms with van der Waals surface area (Å²) in [5.41, 5.74) is 2.04. The van der Waals surface area contributed by atoms with Crippen LogP contribution in [0, 0.1) is 5.82 Å². The number of nitrogens with zero attached hydrogens (tertiary/aromatic N) is 1. The predicted octanol–water partition coefficient (Wildman–Crippen LogP) is 3.89. The van der Waals surface area contributed by atoms with Crippen LogP contribution in [0.25, 0.3) is 0 Å². The van der Waals surface area contributed by atoms with Crippen LogP contribution in [0.2, 0.25) is 0 Å². The minimum atomic E-state index is -0.252. The van der Waals surface area contributed by atoms with E-state index in [1.54, 1.807) is 19.4 Å². The minimum Gasteiger partial charge on any atom is -0.481 e. The maximum atomic E-state index is 13.3. The van der Waals surface area contributed by atoms with Crippen LogP contribution in [0.4, 0.5) is 4.39 Å². The molecule has 0 bridgehead atoms. The van der Waals surface area contributed by atoms with E-state index in [9.17, 15) is 4.39 Å². The molecule has 0 aliphatic rings. The monoisotopic (exact) mass is 352 g/mol. The first-order valence-corrected chi connectivity index (χ1v) is 7.61. The van der Waals surface area contributed by atoms with Crippen molar-refractivity contribution >= 4 is 15.9 Å². The highest BCUT2D eigenvalue weighted by molar-refractivity contribution is 9.10. The topological polar surface area (TPSA) is 34.2 Å². The van der Waals surface area contributed by atoms with Crippen LogP contribution < -0.4 is 10.1 Å². The summed E-state index contributed by atoms with van der Waals surface area (Å²) in [7, 11) is 1.61. The lowest BCUT2D eigenvalue weighted by molar-refractivity contribution is 0.382. The van der Waals surface area contributed by atoms with Gasteiger partial charge in [0.2, 0.25) is 5.88 Å². The quantitative estimate of drug-likeness (QED) is 0.856. The van der Waals surface area contributed by atoms with Gasteiger partial charge in [0.15, 0.2) is 0 Å². The molecular formula is C16H18BrFN2O. The van der Waals surface area contributed by atoms with Gasteiger partial charge in [-0.2, -0.15) is 0 Å². The van der Waals surface area contributed by atoms with Gasteiger partial charge in [0.05, 0.1) is 11.6 Å². The Morgan fingerprint density at radius 3 is 2.86 bits per heavy atom. The zero-order valence-corrected chi connectivity index (χ0v) is 13.7. The van der Waals surface area contributed by atoms with Crippen LogP contribution in [0.5, 0.6) is 5.88 Å². The maximum absolute atomic E-state index is 13.3. The Balaban J connectivity index is 2.28. The van der Waals surface area contributed by atoms with Crippen molar-refractivity contribution in [3.8, 4) is 5.88 Å². The Hall–Kier alpha value is -1.46. The third-order valence-corrected chi connectivity index (χ3v) is 3.85. The fourth-order valence-electron chi connectivity index (χ4n) is 2.28. The molecule has 112 valence electrons. The van der Waals surface area contributed by atoms with E-state index < -0.39 is 0 Å². The maximum Gasteiger partial charge on any atom is 0.217 e. The second-order valence-electron chi connectivity index (χ2n) is 4.66. The highest BCUT2D eigenvalue weighted by Crippen LogP contribution is 2.27. The van der Waals surface area contributed by atoms with Gasteiger partial charge in [-0.15, -0.1) is 0 Å². The van der Waals surface area contributed by atoms with Crippen molar-refractivity contribution in [3.05, 3.63) is 57.9 Å². The number of aromatic nitrogens is 1. The Morgan fingerprint density at radius 2 is 2.19 bits per heavy atom. The van der Waals surface area contributed by atoms with Crippen molar-refractivity contribution in [1.29, 1.82) is 0 Å². The molecule has 0 saturated carbocycles. The molecule has 0 radical (unpaired) electrons. The average Bonchev–Trinajstić information content (AvgIpc) is 2.50. The number of halogens is 2. The lowest BCUT2D eigenvalue weighted by atomic mass is 9.99. The molecule has 2 aromatic rings. The van der Waals surface area contributed by atoms with Gasteiger partial charge in [0, 0.05) is 17.8 Å². The molecule has 0 amide bonds. The van der Waals surface area contributed by atoms with E-state index in [0.717, 1.165) is 24.1 Å². The first kappa shape index (κ1) is 15.9. The molecule has 0 aliphatic heterocycles. The smallest absolute Gasteiger partial charge is 0.217 e. The lowest BCUT2D eigenvalue weighted by Crippen LogP contribution is -2.23. The number of benzene rings is 1. The van der Waals surface area contributed by atoms with Gasteiger partial charge in [-0.1, -0.05) is 19.1 Å². The summed E-state index contributed by atoms with van der Waals surface area (Å²) in [6.07, 6.45) is 2.44. The third-order valence-electron chi connectivity index (χ3n) is 3.24. The van der Waals surface area contributed by atoms with Crippen LogP contribution in [-0.2, 0) is 6.42 Å². The lowest BCUT2D eigenvalue weighted by Gasteiger charge is -2.20. The minimum absolute atomic E-state index is 0.0658. The molecule has 1 aromatic carbocycles. The molecule has 3 nitrogen and oxygen atoms in total. The van der Waals surface area contributed by atoms with Crippen LogP contribution in [0.3, 0.4) is 0 Å². The number of nitrogens with one attached hydrogen (secondary N) is 1. The third kappa shape index (κ3) is 4.02. The molecule has 1 unspecified atom stereocenters. The standard InChI is InChI=1S/C16H18BrFN2O/c1-3-19-15(12-5-4-8-20-16(12)21-2)10-11-6-7-14(18)13(17)9-11/h4-9,15,19H,3,10H2,1-2H3. The largest absolute Gasteiger partial charge is 0.481 e. The molecule has 1 atom stereocenters. The van der Waals surface area contributed by atoms with Crippen molar-refractivity contribution in [2.24, 2.45) is 0 Å². The Bertz CT molecular complexity index is 607. The second kappa shape index (κ2) is 7.52. The number of ether oxygens (including phenoxy) is 1. The van der Waals surface area contributed by atoms with Crippen LogP contribution in [0.1, 0.15) is 24.1 Å². The van der Waals surface area contributed by atoms with E-state index in [0.29, 0.717) is 10.4 Å². The molecule has 1 N–H and O–H groups in total.